The third-order valence-corrected chi connectivity index (χ3v) is 2.25. The molecule has 1 aromatic rings. The molecule has 5 nitrogen and oxygen atoms in total. The average molecular weight is 229 g/mol. The maximum absolute atomic E-state index is 10.7. The zero-order valence-electron chi connectivity index (χ0n) is 8.53. The van der Waals surface area contributed by atoms with E-state index in [0.717, 1.165) is 0 Å². The summed E-state index contributed by atoms with van der Waals surface area (Å²) in [5.41, 5.74) is -0.270. The smallest absolute Gasteiger partial charge is 0.225 e. The van der Waals surface area contributed by atoms with Gasteiger partial charge in [0.1, 0.15) is 5.69 Å². The molecule has 0 atom stereocenters. The fourth-order valence-corrected chi connectivity index (χ4v) is 1.33. The van der Waals surface area contributed by atoms with E-state index in [1.165, 1.54) is 6.20 Å². The van der Waals surface area contributed by atoms with E-state index in [-0.39, 0.29) is 10.7 Å². The van der Waals surface area contributed by atoms with Crippen molar-refractivity contribution in [2.24, 2.45) is 0 Å². The summed E-state index contributed by atoms with van der Waals surface area (Å²) >= 11 is 5.62. The fourth-order valence-electron chi connectivity index (χ4n) is 1.16. The lowest BCUT2D eigenvalue weighted by molar-refractivity contribution is -0.255. The highest BCUT2D eigenvalue weighted by Gasteiger charge is 2.09. The number of nitrogens with zero attached hydrogens (tertiary/aromatic N) is 3. The van der Waals surface area contributed by atoms with Gasteiger partial charge in [0, 0.05) is 13.1 Å². The first-order chi connectivity index (χ1) is 7.10. The number of carboxylic acids is 1. The normalized spacial score (nSPS) is 10.1. The minimum atomic E-state index is -1.39. The second-order valence-electron chi connectivity index (χ2n) is 2.83. The number of carbonyl (C=O) groups is 1. The van der Waals surface area contributed by atoms with Crippen LogP contribution in [-0.2, 0) is 0 Å². The van der Waals surface area contributed by atoms with Crippen LogP contribution in [0.15, 0.2) is 6.20 Å². The van der Waals surface area contributed by atoms with E-state index >= 15 is 0 Å². The SMILES string of the molecule is CCN(CC)c1ncc(Cl)c(C(=O)[O-])n1. The molecule has 0 bridgehead atoms. The molecule has 1 rings (SSSR count). The molecule has 6 heteroatoms. The molecule has 0 saturated heterocycles. The molecule has 0 radical (unpaired) electrons. The van der Waals surface area contributed by atoms with Crippen molar-refractivity contribution in [3.05, 3.63) is 16.9 Å². The van der Waals surface area contributed by atoms with Crippen molar-refractivity contribution in [1.82, 2.24) is 9.97 Å². The van der Waals surface area contributed by atoms with Crippen LogP contribution in [0.4, 0.5) is 5.95 Å². The molecule has 0 aromatic carbocycles. The molecule has 0 fully saturated rings. The van der Waals surface area contributed by atoms with Gasteiger partial charge >= 0.3 is 0 Å². The number of halogens is 1. The summed E-state index contributed by atoms with van der Waals surface area (Å²) in [5, 5.41) is 10.7. The first-order valence-electron chi connectivity index (χ1n) is 4.59. The zero-order valence-corrected chi connectivity index (χ0v) is 9.28. The number of anilines is 1. The van der Waals surface area contributed by atoms with E-state index < -0.39 is 5.97 Å². The third-order valence-electron chi connectivity index (χ3n) is 1.97. The van der Waals surface area contributed by atoms with Gasteiger partial charge in [-0.05, 0) is 13.8 Å². The Labute approximate surface area is 92.7 Å². The van der Waals surface area contributed by atoms with Gasteiger partial charge in [-0.1, -0.05) is 11.6 Å². The summed E-state index contributed by atoms with van der Waals surface area (Å²) in [7, 11) is 0. The summed E-state index contributed by atoms with van der Waals surface area (Å²) < 4.78 is 0. The van der Waals surface area contributed by atoms with Crippen molar-refractivity contribution in [1.29, 1.82) is 0 Å². The Morgan fingerprint density at radius 2 is 2.13 bits per heavy atom. The Morgan fingerprint density at radius 1 is 1.53 bits per heavy atom. The van der Waals surface area contributed by atoms with Crippen LogP contribution in [0.1, 0.15) is 24.3 Å². The highest BCUT2D eigenvalue weighted by Crippen LogP contribution is 2.15. The largest absolute Gasteiger partial charge is 0.543 e. The Kier molecular flexibility index (Phi) is 3.85. The Balaban J connectivity index is 3.11. The van der Waals surface area contributed by atoms with E-state index in [0.29, 0.717) is 19.0 Å². The number of rotatable bonds is 4. The van der Waals surface area contributed by atoms with Gasteiger partial charge in [0.05, 0.1) is 17.2 Å². The van der Waals surface area contributed by atoms with Crippen LogP contribution in [-0.4, -0.2) is 29.0 Å². The molecule has 82 valence electrons. The van der Waals surface area contributed by atoms with Gasteiger partial charge in [-0.3, -0.25) is 0 Å². The summed E-state index contributed by atoms with van der Waals surface area (Å²) in [6.07, 6.45) is 1.27. The molecular formula is C9H11ClN3O2-. The van der Waals surface area contributed by atoms with Crippen LogP contribution in [0.25, 0.3) is 0 Å². The number of aromatic carboxylic acids is 1. The maximum atomic E-state index is 10.7. The number of carbonyl (C=O) groups excluding carboxylic acids is 1. The van der Waals surface area contributed by atoms with Gasteiger partial charge in [0.15, 0.2) is 0 Å². The number of hydrogen-bond acceptors (Lipinski definition) is 5. The molecule has 1 heterocycles. The van der Waals surface area contributed by atoms with Crippen molar-refractivity contribution in [3.8, 4) is 0 Å². The maximum Gasteiger partial charge on any atom is 0.225 e. The average Bonchev–Trinajstić information content (AvgIpc) is 2.21. The predicted octanol–water partition coefficient (Wildman–Crippen LogP) is 0.340. The highest BCUT2D eigenvalue weighted by molar-refractivity contribution is 6.33. The van der Waals surface area contributed by atoms with E-state index in [1.54, 1.807) is 0 Å². The molecule has 0 spiro atoms. The molecule has 1 aromatic heterocycles. The standard InChI is InChI=1S/C9H12ClN3O2/c1-3-13(4-2)9-11-5-6(10)7(12-9)8(14)15/h5H,3-4H2,1-2H3,(H,14,15)/p-1. The number of hydrogen-bond donors (Lipinski definition) is 0. The molecule has 0 saturated carbocycles. The lowest BCUT2D eigenvalue weighted by Crippen LogP contribution is -2.28. The van der Waals surface area contributed by atoms with Crippen LogP contribution in [0.3, 0.4) is 0 Å². The van der Waals surface area contributed by atoms with Crippen molar-refractivity contribution in [2.45, 2.75) is 13.8 Å². The predicted molar refractivity (Wildman–Crippen MR) is 54.9 cm³/mol. The van der Waals surface area contributed by atoms with Crippen molar-refractivity contribution >= 4 is 23.5 Å². The van der Waals surface area contributed by atoms with Gasteiger partial charge < -0.3 is 14.8 Å². The summed E-state index contributed by atoms with van der Waals surface area (Å²) in [5.74, 6) is -1.04. The van der Waals surface area contributed by atoms with Crippen molar-refractivity contribution in [3.63, 3.8) is 0 Å². The van der Waals surface area contributed by atoms with Gasteiger partial charge in [0.2, 0.25) is 5.95 Å². The minimum Gasteiger partial charge on any atom is -0.543 e. The molecular weight excluding hydrogens is 218 g/mol. The Morgan fingerprint density at radius 3 is 2.60 bits per heavy atom. The van der Waals surface area contributed by atoms with Crippen LogP contribution >= 0.6 is 11.6 Å². The van der Waals surface area contributed by atoms with Crippen molar-refractivity contribution < 1.29 is 9.90 Å². The molecule has 0 aliphatic heterocycles. The van der Waals surface area contributed by atoms with E-state index in [2.05, 4.69) is 9.97 Å². The van der Waals surface area contributed by atoms with Crippen LogP contribution in [0.5, 0.6) is 0 Å². The molecule has 0 amide bonds. The van der Waals surface area contributed by atoms with E-state index in [9.17, 15) is 9.90 Å². The van der Waals surface area contributed by atoms with Gasteiger partial charge in [-0.2, -0.15) is 0 Å². The van der Waals surface area contributed by atoms with Crippen molar-refractivity contribution in [2.75, 3.05) is 18.0 Å². The third kappa shape index (κ3) is 2.56. The summed E-state index contributed by atoms with van der Waals surface area (Å²) in [6, 6.07) is 0. The lowest BCUT2D eigenvalue weighted by Gasteiger charge is -2.19. The number of carboxylic acid groups (broad SMARTS) is 1. The van der Waals surface area contributed by atoms with E-state index in [4.69, 9.17) is 11.6 Å². The second kappa shape index (κ2) is 4.93. The molecule has 0 aliphatic rings. The highest BCUT2D eigenvalue weighted by atomic mass is 35.5. The van der Waals surface area contributed by atoms with Gasteiger partial charge in [0.25, 0.3) is 0 Å². The first-order valence-corrected chi connectivity index (χ1v) is 4.96. The lowest BCUT2D eigenvalue weighted by atomic mass is 10.4. The van der Waals surface area contributed by atoms with E-state index in [1.807, 2.05) is 18.7 Å². The monoisotopic (exact) mass is 228 g/mol. The molecule has 0 aliphatic carbocycles. The topological polar surface area (TPSA) is 69.2 Å². The van der Waals surface area contributed by atoms with Crippen LogP contribution in [0.2, 0.25) is 5.02 Å². The quantitative estimate of drug-likeness (QED) is 0.743. The second-order valence-corrected chi connectivity index (χ2v) is 3.23. The Hall–Kier alpha value is -1.36. The molecule has 15 heavy (non-hydrogen) atoms. The first kappa shape index (κ1) is 11.7. The molecule has 0 N–H and O–H groups in total. The Bertz CT molecular complexity index is 366. The summed E-state index contributed by atoms with van der Waals surface area (Å²) in [4.78, 5) is 20.3. The van der Waals surface area contributed by atoms with Crippen LogP contribution < -0.4 is 10.0 Å². The van der Waals surface area contributed by atoms with Gasteiger partial charge in [-0.25, -0.2) is 9.97 Å². The number of aromatic nitrogens is 2. The summed E-state index contributed by atoms with van der Waals surface area (Å²) in [6.45, 7) is 5.26. The molecule has 0 unspecified atom stereocenters. The fraction of sp³-hybridized carbons (Fsp3) is 0.444. The van der Waals surface area contributed by atoms with Gasteiger partial charge in [-0.15, -0.1) is 0 Å². The van der Waals surface area contributed by atoms with Crippen LogP contribution in [0, 0.1) is 0 Å². The zero-order chi connectivity index (χ0) is 11.4. The minimum absolute atomic E-state index is 0.00842.